The van der Waals surface area contributed by atoms with E-state index in [4.69, 9.17) is 4.55 Å². The Hall–Kier alpha value is -1.35. The molecule has 1 aromatic carbocycles. The number of halogens is 4. The smallest absolute Gasteiger partial charge is 0.282 e. The summed E-state index contributed by atoms with van der Waals surface area (Å²) in [4.78, 5) is -1.40. The minimum Gasteiger partial charge on any atom is -0.282 e. The molecule has 0 aromatic heterocycles. The highest BCUT2D eigenvalue weighted by molar-refractivity contribution is 7.85. The van der Waals surface area contributed by atoms with Crippen LogP contribution in [0.1, 0.15) is 0 Å². The van der Waals surface area contributed by atoms with E-state index in [2.05, 4.69) is 0 Å². The number of nitrogens with zero attached hydrogens (tertiary/aromatic N) is 1. The molecular formula is C6H3F4NO3S. The average Bonchev–Trinajstić information content (AvgIpc) is 2.06. The molecule has 84 valence electrons. The van der Waals surface area contributed by atoms with Gasteiger partial charge >= 0.3 is 0 Å². The summed E-state index contributed by atoms with van der Waals surface area (Å²) in [5.74, 6) is -4.12. The molecule has 0 bridgehead atoms. The zero-order chi connectivity index (χ0) is 11.8. The molecule has 0 atom stereocenters. The Morgan fingerprint density at radius 2 is 1.67 bits per heavy atom. The van der Waals surface area contributed by atoms with Crippen molar-refractivity contribution in [2.24, 2.45) is 0 Å². The van der Waals surface area contributed by atoms with Crippen LogP contribution >= 0.6 is 0 Å². The molecule has 0 unspecified atom stereocenters. The second kappa shape index (κ2) is 3.66. The molecule has 0 saturated carbocycles. The van der Waals surface area contributed by atoms with Gasteiger partial charge < -0.3 is 0 Å². The van der Waals surface area contributed by atoms with Crippen LogP contribution in [0.15, 0.2) is 17.0 Å². The maximum atomic E-state index is 12.8. The lowest BCUT2D eigenvalue weighted by Gasteiger charge is -2.06. The van der Waals surface area contributed by atoms with Crippen molar-refractivity contribution in [3.8, 4) is 0 Å². The molecule has 0 aliphatic heterocycles. The molecule has 1 aromatic rings. The predicted octanol–water partition coefficient (Wildman–Crippen LogP) is 1.79. The van der Waals surface area contributed by atoms with Crippen molar-refractivity contribution < 1.29 is 30.7 Å². The highest BCUT2D eigenvalue weighted by Crippen LogP contribution is 2.26. The standard InChI is InChI=1S/C6H3F4NO3S/c7-5-3(11(9)10)1-2-4(6(5)8)15(12,13)14/h1-2H,(H,12,13,14). The molecule has 0 amide bonds. The molecule has 1 rings (SSSR count). The minimum atomic E-state index is -4.98. The van der Waals surface area contributed by atoms with E-state index in [9.17, 15) is 26.2 Å². The van der Waals surface area contributed by atoms with Crippen molar-refractivity contribution in [2.75, 3.05) is 5.34 Å². The first-order valence-corrected chi connectivity index (χ1v) is 4.76. The number of hydrogen-bond donors (Lipinski definition) is 1. The van der Waals surface area contributed by atoms with Gasteiger partial charge in [-0.15, -0.1) is 0 Å². The topological polar surface area (TPSA) is 57.6 Å². The van der Waals surface area contributed by atoms with E-state index in [1.54, 1.807) is 0 Å². The highest BCUT2D eigenvalue weighted by atomic mass is 32.2. The summed E-state index contributed by atoms with van der Waals surface area (Å²) in [7, 11) is -4.98. The second-order valence-corrected chi connectivity index (χ2v) is 3.81. The van der Waals surface area contributed by atoms with Crippen molar-refractivity contribution in [1.82, 2.24) is 0 Å². The van der Waals surface area contributed by atoms with Crippen LogP contribution in [0.5, 0.6) is 0 Å². The first-order chi connectivity index (χ1) is 6.75. The van der Waals surface area contributed by atoms with Crippen molar-refractivity contribution in [2.45, 2.75) is 4.90 Å². The van der Waals surface area contributed by atoms with Gasteiger partial charge in [0.05, 0.1) is 0 Å². The van der Waals surface area contributed by atoms with E-state index < -0.39 is 37.7 Å². The van der Waals surface area contributed by atoms with E-state index >= 15 is 0 Å². The third kappa shape index (κ3) is 2.18. The Morgan fingerprint density at radius 1 is 1.13 bits per heavy atom. The van der Waals surface area contributed by atoms with Gasteiger partial charge in [-0.05, 0) is 17.5 Å². The van der Waals surface area contributed by atoms with Gasteiger partial charge in [-0.25, -0.2) is 8.78 Å². The fraction of sp³-hybridized carbons (Fsp3) is 0. The van der Waals surface area contributed by atoms with E-state index in [0.29, 0.717) is 12.1 Å². The lowest BCUT2D eigenvalue weighted by Crippen LogP contribution is -2.07. The average molecular weight is 245 g/mol. The fourth-order valence-corrected chi connectivity index (χ4v) is 1.41. The van der Waals surface area contributed by atoms with Crippen molar-refractivity contribution >= 4 is 15.8 Å². The second-order valence-electron chi connectivity index (χ2n) is 2.42. The third-order valence-corrected chi connectivity index (χ3v) is 2.36. The quantitative estimate of drug-likeness (QED) is 0.490. The molecule has 15 heavy (non-hydrogen) atoms. The van der Waals surface area contributed by atoms with Crippen LogP contribution in [-0.4, -0.2) is 13.0 Å². The zero-order valence-corrected chi connectivity index (χ0v) is 7.60. The van der Waals surface area contributed by atoms with Crippen molar-refractivity contribution in [3.63, 3.8) is 0 Å². The number of anilines is 1. The summed E-state index contributed by atoms with van der Waals surface area (Å²) < 4.78 is 78.6. The number of benzene rings is 1. The van der Waals surface area contributed by atoms with Gasteiger partial charge in [0.25, 0.3) is 10.1 Å². The van der Waals surface area contributed by atoms with Crippen LogP contribution < -0.4 is 5.34 Å². The molecule has 0 radical (unpaired) electrons. The molecule has 0 aliphatic carbocycles. The van der Waals surface area contributed by atoms with Gasteiger partial charge in [-0.2, -0.15) is 8.42 Å². The van der Waals surface area contributed by atoms with Crippen LogP contribution in [0.25, 0.3) is 0 Å². The van der Waals surface area contributed by atoms with Gasteiger partial charge in [-0.1, -0.05) is 8.96 Å². The molecular weight excluding hydrogens is 242 g/mol. The maximum absolute atomic E-state index is 12.8. The van der Waals surface area contributed by atoms with Crippen molar-refractivity contribution in [1.29, 1.82) is 0 Å². The number of hydrogen-bond acceptors (Lipinski definition) is 3. The minimum absolute atomic E-state index is 0.321. The largest absolute Gasteiger partial charge is 0.297 e. The third-order valence-electron chi connectivity index (χ3n) is 1.49. The Labute approximate surface area is 81.4 Å². The van der Waals surface area contributed by atoms with Gasteiger partial charge in [0.2, 0.25) is 0 Å². The normalized spacial score (nSPS) is 11.5. The molecule has 9 heteroatoms. The summed E-state index contributed by atoms with van der Waals surface area (Å²) >= 11 is 0. The Morgan fingerprint density at radius 3 is 2.07 bits per heavy atom. The van der Waals surface area contributed by atoms with Crippen LogP contribution in [0.4, 0.5) is 23.4 Å². The van der Waals surface area contributed by atoms with Gasteiger partial charge in [-0.3, -0.25) is 4.55 Å². The summed E-state index contributed by atoms with van der Waals surface area (Å²) in [5, 5.41) is -1.72. The fourth-order valence-electron chi connectivity index (χ4n) is 0.851. The van der Waals surface area contributed by atoms with E-state index in [1.165, 1.54) is 0 Å². The molecule has 0 spiro atoms. The lowest BCUT2D eigenvalue weighted by atomic mass is 10.3. The van der Waals surface area contributed by atoms with Gasteiger partial charge in [0.1, 0.15) is 10.6 Å². The first kappa shape index (κ1) is 11.7. The predicted molar refractivity (Wildman–Crippen MR) is 40.9 cm³/mol. The Kier molecular flexibility index (Phi) is 2.86. The molecule has 0 aliphatic rings. The monoisotopic (exact) mass is 245 g/mol. The SMILES string of the molecule is O=S(=O)(O)c1ccc(N(F)F)c(F)c1F. The zero-order valence-electron chi connectivity index (χ0n) is 6.79. The molecule has 1 N–H and O–H groups in total. The molecule has 0 fully saturated rings. The number of rotatable bonds is 2. The molecule has 0 heterocycles. The first-order valence-electron chi connectivity index (χ1n) is 3.32. The van der Waals surface area contributed by atoms with Crippen LogP contribution in [0, 0.1) is 11.6 Å². The van der Waals surface area contributed by atoms with Gasteiger partial charge in [0.15, 0.2) is 11.6 Å². The van der Waals surface area contributed by atoms with Crippen LogP contribution in [0.3, 0.4) is 0 Å². The summed E-state index contributed by atoms with van der Waals surface area (Å²) in [6.07, 6.45) is 0. The Bertz CT molecular complexity index is 487. The summed E-state index contributed by atoms with van der Waals surface area (Å²) in [6, 6.07) is 0.650. The van der Waals surface area contributed by atoms with E-state index in [-0.39, 0.29) is 0 Å². The lowest BCUT2D eigenvalue weighted by molar-refractivity contribution is 0.229. The van der Waals surface area contributed by atoms with Crippen LogP contribution in [0.2, 0.25) is 0 Å². The van der Waals surface area contributed by atoms with E-state index in [0.717, 1.165) is 0 Å². The Balaban J connectivity index is 3.48. The molecule has 4 nitrogen and oxygen atoms in total. The maximum Gasteiger partial charge on any atom is 0.297 e. The van der Waals surface area contributed by atoms with Crippen LogP contribution in [-0.2, 0) is 10.1 Å². The van der Waals surface area contributed by atoms with Crippen molar-refractivity contribution in [3.05, 3.63) is 23.8 Å². The van der Waals surface area contributed by atoms with E-state index in [1.807, 2.05) is 0 Å². The molecule has 0 saturated heterocycles. The highest BCUT2D eigenvalue weighted by Gasteiger charge is 2.24. The summed E-state index contributed by atoms with van der Waals surface area (Å²) in [5.41, 5.74) is -1.43. The van der Waals surface area contributed by atoms with Gasteiger partial charge in [0, 0.05) is 0 Å². The summed E-state index contributed by atoms with van der Waals surface area (Å²) in [6.45, 7) is 0.